The minimum absolute atomic E-state index is 0.0196. The van der Waals surface area contributed by atoms with E-state index in [1.165, 1.54) is 24.1 Å². The number of hydrogen-bond acceptors (Lipinski definition) is 6. The fraction of sp³-hybridized carbons (Fsp3) is 0.278. The van der Waals surface area contributed by atoms with Gasteiger partial charge in [-0.2, -0.15) is 0 Å². The second-order valence-electron chi connectivity index (χ2n) is 10.7. The van der Waals surface area contributed by atoms with Gasteiger partial charge in [0, 0.05) is 19.5 Å². The highest BCUT2D eigenvalue weighted by Gasteiger charge is 2.35. The van der Waals surface area contributed by atoms with Gasteiger partial charge in [0.1, 0.15) is 24.1 Å². The van der Waals surface area contributed by atoms with Gasteiger partial charge in [-0.1, -0.05) is 86.1 Å². The summed E-state index contributed by atoms with van der Waals surface area (Å²) in [6.07, 6.45) is 1.90. The Morgan fingerprint density at radius 3 is 2.13 bits per heavy atom. The van der Waals surface area contributed by atoms with E-state index in [-0.39, 0.29) is 35.2 Å². The number of unbranched alkanes of at least 4 members (excludes halogenated alkanes) is 1. The first kappa shape index (κ1) is 34.1. The lowest BCUT2D eigenvalue weighted by Crippen LogP contribution is -2.53. The molecule has 0 fully saturated rings. The number of carbonyl (C=O) groups is 2. The summed E-state index contributed by atoms with van der Waals surface area (Å²) in [6.45, 7) is 1.96. The van der Waals surface area contributed by atoms with Crippen molar-refractivity contribution in [1.29, 1.82) is 0 Å². The lowest BCUT2D eigenvalue weighted by Gasteiger charge is -2.34. The molecule has 0 aromatic heterocycles. The molecule has 0 radical (unpaired) electrons. The van der Waals surface area contributed by atoms with E-state index in [1.807, 2.05) is 49.4 Å². The summed E-state index contributed by atoms with van der Waals surface area (Å²) in [5.41, 5.74) is 1.79. The van der Waals surface area contributed by atoms with Crippen LogP contribution >= 0.6 is 0 Å². The van der Waals surface area contributed by atoms with Gasteiger partial charge in [0.25, 0.3) is 10.0 Å². The van der Waals surface area contributed by atoms with Crippen LogP contribution < -0.4 is 19.1 Å². The van der Waals surface area contributed by atoms with Crippen LogP contribution in [0.2, 0.25) is 0 Å². The van der Waals surface area contributed by atoms with Crippen LogP contribution in [0.3, 0.4) is 0 Å². The van der Waals surface area contributed by atoms with Crippen molar-refractivity contribution in [3.05, 3.63) is 120 Å². The van der Waals surface area contributed by atoms with E-state index < -0.39 is 28.5 Å². The van der Waals surface area contributed by atoms with Crippen molar-refractivity contribution in [3.8, 4) is 11.5 Å². The Bertz CT molecular complexity index is 1680. The van der Waals surface area contributed by atoms with Crippen LogP contribution in [0.15, 0.2) is 114 Å². The summed E-state index contributed by atoms with van der Waals surface area (Å²) in [5, 5.41) is 3.00. The predicted molar refractivity (Wildman–Crippen MR) is 179 cm³/mol. The van der Waals surface area contributed by atoms with E-state index in [9.17, 15) is 18.0 Å². The number of amides is 2. The molecule has 0 aliphatic heterocycles. The molecule has 4 aromatic carbocycles. The fourth-order valence-corrected chi connectivity index (χ4v) is 6.54. The number of ether oxygens (including phenoxy) is 2. The molecule has 0 aliphatic rings. The van der Waals surface area contributed by atoms with E-state index in [4.69, 9.17) is 9.47 Å². The van der Waals surface area contributed by atoms with E-state index in [2.05, 4.69) is 5.32 Å². The fourth-order valence-electron chi connectivity index (χ4n) is 5.10. The number of anilines is 1. The Balaban J connectivity index is 1.82. The number of carbonyl (C=O) groups excluding carboxylic acids is 2. The smallest absolute Gasteiger partial charge is 0.264 e. The second-order valence-corrected chi connectivity index (χ2v) is 12.6. The van der Waals surface area contributed by atoms with Crippen molar-refractivity contribution >= 4 is 27.5 Å². The molecule has 10 heteroatoms. The van der Waals surface area contributed by atoms with Crippen LogP contribution in [0.1, 0.15) is 30.9 Å². The van der Waals surface area contributed by atoms with Crippen molar-refractivity contribution < 1.29 is 27.5 Å². The van der Waals surface area contributed by atoms with E-state index in [0.29, 0.717) is 12.3 Å². The van der Waals surface area contributed by atoms with E-state index in [1.54, 1.807) is 61.7 Å². The largest absolute Gasteiger partial charge is 0.497 e. The minimum Gasteiger partial charge on any atom is -0.497 e. The summed E-state index contributed by atoms with van der Waals surface area (Å²) in [7, 11) is -1.24. The van der Waals surface area contributed by atoms with Crippen molar-refractivity contribution in [2.45, 2.75) is 43.7 Å². The number of hydrogen-bond donors (Lipinski definition) is 1. The highest BCUT2D eigenvalue weighted by Crippen LogP contribution is 2.32. The van der Waals surface area contributed by atoms with Gasteiger partial charge < -0.3 is 19.7 Å². The number of sulfonamides is 1. The number of nitrogens with zero attached hydrogens (tertiary/aromatic N) is 2. The van der Waals surface area contributed by atoms with E-state index >= 15 is 0 Å². The minimum atomic E-state index is -4.24. The van der Waals surface area contributed by atoms with Crippen molar-refractivity contribution in [2.75, 3.05) is 31.6 Å². The topological polar surface area (TPSA) is 105 Å². The first-order valence-corrected chi connectivity index (χ1v) is 16.7. The highest BCUT2D eigenvalue weighted by molar-refractivity contribution is 7.92. The first-order chi connectivity index (χ1) is 22.3. The summed E-state index contributed by atoms with van der Waals surface area (Å²) in [5.74, 6) is 0.00891. The maximum absolute atomic E-state index is 14.6. The van der Waals surface area contributed by atoms with Crippen molar-refractivity contribution in [2.24, 2.45) is 0 Å². The summed E-state index contributed by atoms with van der Waals surface area (Å²) < 4.78 is 40.4. The molecule has 0 aliphatic carbocycles. The summed E-state index contributed by atoms with van der Waals surface area (Å²) in [4.78, 5) is 30.0. The van der Waals surface area contributed by atoms with Crippen LogP contribution in [0, 0.1) is 0 Å². The molecule has 0 saturated heterocycles. The van der Waals surface area contributed by atoms with Gasteiger partial charge in [0.2, 0.25) is 11.8 Å². The van der Waals surface area contributed by atoms with Crippen LogP contribution in [0.25, 0.3) is 0 Å². The zero-order valence-corrected chi connectivity index (χ0v) is 27.3. The Morgan fingerprint density at radius 2 is 1.46 bits per heavy atom. The molecule has 0 spiro atoms. The molecule has 0 saturated carbocycles. The van der Waals surface area contributed by atoms with Gasteiger partial charge >= 0.3 is 0 Å². The third-order valence-electron chi connectivity index (χ3n) is 7.55. The molecule has 0 bridgehead atoms. The highest BCUT2D eigenvalue weighted by atomic mass is 32.2. The Morgan fingerprint density at radius 1 is 0.804 bits per heavy atom. The monoisotopic (exact) mass is 643 g/mol. The number of methoxy groups -OCH3 is 2. The number of para-hydroxylation sites is 2. The van der Waals surface area contributed by atoms with Crippen molar-refractivity contribution in [1.82, 2.24) is 10.2 Å². The van der Waals surface area contributed by atoms with Crippen molar-refractivity contribution in [3.63, 3.8) is 0 Å². The van der Waals surface area contributed by atoms with Gasteiger partial charge in [0.15, 0.2) is 0 Å². The maximum Gasteiger partial charge on any atom is 0.264 e. The molecule has 9 nitrogen and oxygen atoms in total. The standard InChI is InChI=1S/C36H41N3O6S/c1-4-5-23-37-36(41)33(25-28-15-8-6-9-16-28)38(26-29-17-14-18-30(24-29)44-2)35(40)27-39(32-21-12-13-22-34(32)45-3)46(42,43)31-19-10-7-11-20-31/h6-22,24,33H,4-5,23,25-27H2,1-3H3,(H,37,41). The van der Waals surface area contributed by atoms with Gasteiger partial charge in [-0.25, -0.2) is 8.42 Å². The summed E-state index contributed by atoms with van der Waals surface area (Å²) in [6, 6.07) is 30.4. The third-order valence-corrected chi connectivity index (χ3v) is 9.33. The molecule has 46 heavy (non-hydrogen) atoms. The molecule has 0 heterocycles. The molecule has 242 valence electrons. The molecular weight excluding hydrogens is 602 g/mol. The van der Waals surface area contributed by atoms with Crippen LogP contribution in [0.5, 0.6) is 11.5 Å². The number of nitrogens with one attached hydrogen (secondary N) is 1. The molecule has 1 atom stereocenters. The molecule has 4 rings (SSSR count). The van der Waals surface area contributed by atoms with Crippen LogP contribution in [-0.2, 0) is 32.6 Å². The number of benzene rings is 4. The molecule has 4 aromatic rings. The average molecular weight is 644 g/mol. The second kappa shape index (κ2) is 16.5. The van der Waals surface area contributed by atoms with Gasteiger partial charge in [-0.15, -0.1) is 0 Å². The molecule has 1 N–H and O–H groups in total. The predicted octanol–water partition coefficient (Wildman–Crippen LogP) is 5.46. The number of rotatable bonds is 16. The average Bonchev–Trinajstić information content (AvgIpc) is 3.09. The lowest BCUT2D eigenvalue weighted by molar-refractivity contribution is -0.140. The quantitative estimate of drug-likeness (QED) is 0.163. The summed E-state index contributed by atoms with van der Waals surface area (Å²) >= 11 is 0. The molecule has 2 amide bonds. The first-order valence-electron chi connectivity index (χ1n) is 15.2. The van der Waals surface area contributed by atoms with E-state index in [0.717, 1.165) is 28.3 Å². The van der Waals surface area contributed by atoms with Gasteiger partial charge in [-0.05, 0) is 53.9 Å². The normalized spacial score (nSPS) is 11.7. The van der Waals surface area contributed by atoms with Gasteiger partial charge in [-0.3, -0.25) is 13.9 Å². The third kappa shape index (κ3) is 8.66. The Labute approximate surface area is 271 Å². The van der Waals surface area contributed by atoms with Gasteiger partial charge in [0.05, 0.1) is 24.8 Å². The Kier molecular flexibility index (Phi) is 12.2. The zero-order chi connectivity index (χ0) is 32.9. The SMILES string of the molecule is CCCCNC(=O)C(Cc1ccccc1)N(Cc1cccc(OC)c1)C(=O)CN(c1ccccc1OC)S(=O)(=O)c1ccccc1. The maximum atomic E-state index is 14.6. The Hall–Kier alpha value is -4.83. The molecule has 1 unspecified atom stereocenters. The van der Waals surface area contributed by atoms with Crippen LogP contribution in [-0.4, -0.2) is 58.5 Å². The lowest BCUT2D eigenvalue weighted by atomic mass is 10.0. The zero-order valence-electron chi connectivity index (χ0n) is 26.5. The molecular formula is C36H41N3O6S. The van der Waals surface area contributed by atoms with Crippen LogP contribution in [0.4, 0.5) is 5.69 Å².